The van der Waals surface area contributed by atoms with E-state index in [9.17, 15) is 18.0 Å². The van der Waals surface area contributed by atoms with Crippen molar-refractivity contribution in [3.63, 3.8) is 0 Å². The minimum absolute atomic E-state index is 0.0843. The summed E-state index contributed by atoms with van der Waals surface area (Å²) in [6.45, 7) is -0.137. The van der Waals surface area contributed by atoms with Gasteiger partial charge in [0.25, 0.3) is 0 Å². The monoisotopic (exact) mass is 344 g/mol. The van der Waals surface area contributed by atoms with Crippen LogP contribution in [0.4, 0.5) is 13.2 Å². The van der Waals surface area contributed by atoms with Crippen LogP contribution in [0.15, 0.2) is 24.4 Å². The number of nitrogens with zero attached hydrogens (tertiary/aromatic N) is 2. The van der Waals surface area contributed by atoms with E-state index in [1.165, 1.54) is 44.0 Å². The summed E-state index contributed by atoms with van der Waals surface area (Å²) in [6, 6.07) is 4.27. The zero-order chi connectivity index (χ0) is 17.9. The Morgan fingerprint density at radius 1 is 1.29 bits per heavy atom. The van der Waals surface area contributed by atoms with Gasteiger partial charge >= 0.3 is 12.1 Å². The predicted octanol–water partition coefficient (Wildman–Crippen LogP) is 2.88. The second-order valence-corrected chi connectivity index (χ2v) is 4.81. The molecule has 0 bridgehead atoms. The first kappa shape index (κ1) is 17.8. The molecule has 0 N–H and O–H groups in total. The fraction of sp³-hybridized carbons (Fsp3) is 0.333. The number of ether oxygens (including phenoxy) is 3. The van der Waals surface area contributed by atoms with Crippen LogP contribution in [-0.2, 0) is 22.7 Å². The Morgan fingerprint density at radius 3 is 2.54 bits per heavy atom. The number of carbonyl (C=O) groups is 1. The van der Waals surface area contributed by atoms with Gasteiger partial charge in [-0.05, 0) is 12.1 Å². The molecule has 1 aromatic heterocycles. The van der Waals surface area contributed by atoms with Crippen molar-refractivity contribution in [3.05, 3.63) is 35.7 Å². The molecule has 0 unspecified atom stereocenters. The van der Waals surface area contributed by atoms with Crippen LogP contribution in [0.1, 0.15) is 16.1 Å². The Morgan fingerprint density at radius 2 is 2.00 bits per heavy atom. The maximum atomic E-state index is 12.8. The van der Waals surface area contributed by atoms with Crippen LogP contribution in [0.5, 0.6) is 5.75 Å². The number of benzene rings is 1. The smallest absolute Gasteiger partial charge is 0.434 e. The summed E-state index contributed by atoms with van der Waals surface area (Å²) < 4.78 is 54.3. The molecule has 2 aromatic rings. The molecule has 0 amide bonds. The molecule has 0 fully saturated rings. The summed E-state index contributed by atoms with van der Waals surface area (Å²) >= 11 is 0. The number of halogens is 3. The molecule has 0 atom stereocenters. The number of rotatable bonds is 5. The molecule has 9 heteroatoms. The normalized spacial score (nSPS) is 11.4. The molecular weight excluding hydrogens is 329 g/mol. The first-order valence-corrected chi connectivity index (χ1v) is 6.73. The fourth-order valence-electron chi connectivity index (χ4n) is 2.05. The van der Waals surface area contributed by atoms with E-state index in [-0.39, 0.29) is 23.9 Å². The highest BCUT2D eigenvalue weighted by Gasteiger charge is 2.34. The molecule has 2 rings (SSSR count). The highest BCUT2D eigenvalue weighted by Crippen LogP contribution is 2.32. The summed E-state index contributed by atoms with van der Waals surface area (Å²) in [5.41, 5.74) is -0.522. The summed E-state index contributed by atoms with van der Waals surface area (Å²) in [7, 11) is 4.06. The van der Waals surface area contributed by atoms with Gasteiger partial charge < -0.3 is 18.8 Å². The third-order valence-electron chi connectivity index (χ3n) is 3.14. The standard InChI is InChI=1S/C15H15F3N2O4/c1-20-7-12(15(16,17)18)19-13(20)9-4-5-10(14(21)23-3)11(6-9)24-8-22-2/h4-7H,8H2,1-3H3. The van der Waals surface area contributed by atoms with Crippen LogP contribution in [0.25, 0.3) is 11.4 Å². The summed E-state index contributed by atoms with van der Waals surface area (Å²) in [5, 5.41) is 0. The maximum Gasteiger partial charge on any atom is 0.434 e. The average molecular weight is 344 g/mol. The van der Waals surface area contributed by atoms with Gasteiger partial charge in [0, 0.05) is 25.9 Å². The van der Waals surface area contributed by atoms with Crippen molar-refractivity contribution in [1.82, 2.24) is 9.55 Å². The topological polar surface area (TPSA) is 62.6 Å². The van der Waals surface area contributed by atoms with Gasteiger partial charge in [-0.15, -0.1) is 0 Å². The Balaban J connectivity index is 2.48. The van der Waals surface area contributed by atoms with Crippen LogP contribution in [0.3, 0.4) is 0 Å². The molecule has 1 aromatic carbocycles. The van der Waals surface area contributed by atoms with Crippen molar-refractivity contribution in [3.8, 4) is 17.1 Å². The van der Waals surface area contributed by atoms with Crippen LogP contribution in [0.2, 0.25) is 0 Å². The van der Waals surface area contributed by atoms with Crippen LogP contribution in [-0.4, -0.2) is 36.5 Å². The Bertz CT molecular complexity index is 741. The van der Waals surface area contributed by atoms with Crippen molar-refractivity contribution in [1.29, 1.82) is 0 Å². The van der Waals surface area contributed by atoms with E-state index in [2.05, 4.69) is 9.72 Å². The second kappa shape index (κ2) is 6.91. The van der Waals surface area contributed by atoms with Gasteiger partial charge in [0.15, 0.2) is 12.5 Å². The van der Waals surface area contributed by atoms with Gasteiger partial charge in [-0.3, -0.25) is 0 Å². The number of imidazole rings is 1. The number of esters is 1. The van der Waals surface area contributed by atoms with Gasteiger partial charge in [0.2, 0.25) is 0 Å². The number of aromatic nitrogens is 2. The van der Waals surface area contributed by atoms with Crippen molar-refractivity contribution in [2.24, 2.45) is 7.05 Å². The number of hydrogen-bond donors (Lipinski definition) is 0. The highest BCUT2D eigenvalue weighted by molar-refractivity contribution is 5.93. The van der Waals surface area contributed by atoms with E-state index in [0.717, 1.165) is 6.20 Å². The number of alkyl halides is 3. The molecule has 0 aliphatic carbocycles. The van der Waals surface area contributed by atoms with Gasteiger partial charge in [0.05, 0.1) is 7.11 Å². The molecule has 0 aliphatic heterocycles. The van der Waals surface area contributed by atoms with Crippen LogP contribution < -0.4 is 4.74 Å². The lowest BCUT2D eigenvalue weighted by atomic mass is 10.1. The van der Waals surface area contributed by atoms with Crippen molar-refractivity contribution < 1.29 is 32.2 Å². The van der Waals surface area contributed by atoms with E-state index < -0.39 is 17.8 Å². The van der Waals surface area contributed by atoms with E-state index in [0.29, 0.717) is 5.56 Å². The molecule has 0 saturated carbocycles. The number of carbonyl (C=O) groups excluding carboxylic acids is 1. The molecule has 0 radical (unpaired) electrons. The highest BCUT2D eigenvalue weighted by atomic mass is 19.4. The number of hydrogen-bond acceptors (Lipinski definition) is 5. The third kappa shape index (κ3) is 3.67. The minimum Gasteiger partial charge on any atom is -0.467 e. The van der Waals surface area contributed by atoms with Crippen LogP contribution >= 0.6 is 0 Å². The molecule has 0 spiro atoms. The molecule has 0 saturated heterocycles. The zero-order valence-corrected chi connectivity index (χ0v) is 13.2. The van der Waals surface area contributed by atoms with E-state index in [1.54, 1.807) is 0 Å². The van der Waals surface area contributed by atoms with Gasteiger partial charge in [-0.1, -0.05) is 6.07 Å². The SMILES string of the molecule is COCOc1cc(-c2nc(C(F)(F)F)cn2C)ccc1C(=O)OC. The molecule has 24 heavy (non-hydrogen) atoms. The van der Waals surface area contributed by atoms with Crippen LogP contribution in [0, 0.1) is 0 Å². The van der Waals surface area contributed by atoms with Crippen molar-refractivity contribution in [2.45, 2.75) is 6.18 Å². The fourth-order valence-corrected chi connectivity index (χ4v) is 2.05. The largest absolute Gasteiger partial charge is 0.467 e. The zero-order valence-electron chi connectivity index (χ0n) is 13.2. The molecule has 0 aliphatic rings. The van der Waals surface area contributed by atoms with Gasteiger partial charge in [0.1, 0.15) is 17.1 Å². The quantitative estimate of drug-likeness (QED) is 0.616. The van der Waals surface area contributed by atoms with E-state index in [4.69, 9.17) is 9.47 Å². The molecule has 1 heterocycles. The molecular formula is C15H15F3N2O4. The minimum atomic E-state index is -4.54. The summed E-state index contributed by atoms with van der Waals surface area (Å²) in [5.74, 6) is -0.428. The van der Waals surface area contributed by atoms with Gasteiger partial charge in [-0.2, -0.15) is 13.2 Å². The Hall–Kier alpha value is -2.55. The third-order valence-corrected chi connectivity index (χ3v) is 3.14. The van der Waals surface area contributed by atoms with E-state index >= 15 is 0 Å². The predicted molar refractivity (Wildman–Crippen MR) is 77.5 cm³/mol. The molecule has 6 nitrogen and oxygen atoms in total. The van der Waals surface area contributed by atoms with Crippen molar-refractivity contribution in [2.75, 3.05) is 21.0 Å². The lowest BCUT2D eigenvalue weighted by Gasteiger charge is -2.11. The first-order valence-electron chi connectivity index (χ1n) is 6.73. The number of methoxy groups -OCH3 is 2. The number of aryl methyl sites for hydroxylation is 1. The summed E-state index contributed by atoms with van der Waals surface area (Å²) in [4.78, 5) is 15.3. The average Bonchev–Trinajstić information content (AvgIpc) is 2.94. The Kier molecular flexibility index (Phi) is 5.13. The first-order chi connectivity index (χ1) is 11.3. The lowest BCUT2D eigenvalue weighted by Crippen LogP contribution is -2.08. The molecule has 130 valence electrons. The lowest BCUT2D eigenvalue weighted by molar-refractivity contribution is -0.140. The second-order valence-electron chi connectivity index (χ2n) is 4.81. The summed E-state index contributed by atoms with van der Waals surface area (Å²) in [6.07, 6.45) is -3.66. The van der Waals surface area contributed by atoms with E-state index in [1.807, 2.05) is 0 Å². The van der Waals surface area contributed by atoms with Crippen molar-refractivity contribution >= 4 is 5.97 Å². The maximum absolute atomic E-state index is 12.8. The van der Waals surface area contributed by atoms with Gasteiger partial charge in [-0.25, -0.2) is 9.78 Å². The Labute approximate surface area is 135 Å².